The molecule has 5 heteroatoms. The molecule has 1 aliphatic rings. The molecule has 1 rings (SSSR count). The highest BCUT2D eigenvalue weighted by Gasteiger charge is 2.28. The van der Waals surface area contributed by atoms with Crippen molar-refractivity contribution in [1.29, 1.82) is 0 Å². The summed E-state index contributed by atoms with van der Waals surface area (Å²) in [7, 11) is -3.18. The SMILES string of the molecule is CC1CCC(NS(=O)(=O)C(C)CNC(C)C)C1. The second-order valence-corrected chi connectivity index (χ2v) is 7.78. The number of hydrogen-bond donors (Lipinski definition) is 2. The van der Waals surface area contributed by atoms with Crippen LogP contribution in [0.15, 0.2) is 0 Å². The first kappa shape index (κ1) is 14.9. The maximum absolute atomic E-state index is 12.1. The van der Waals surface area contributed by atoms with Crippen molar-refractivity contribution >= 4 is 10.0 Å². The van der Waals surface area contributed by atoms with E-state index in [1.807, 2.05) is 13.8 Å². The number of hydrogen-bond acceptors (Lipinski definition) is 3. The minimum Gasteiger partial charge on any atom is -0.313 e. The minimum atomic E-state index is -3.18. The number of sulfonamides is 1. The molecule has 2 N–H and O–H groups in total. The van der Waals surface area contributed by atoms with Gasteiger partial charge in [0, 0.05) is 18.6 Å². The molecule has 0 aromatic carbocycles. The highest BCUT2D eigenvalue weighted by molar-refractivity contribution is 7.90. The van der Waals surface area contributed by atoms with Crippen molar-refractivity contribution < 1.29 is 8.42 Å². The number of nitrogens with one attached hydrogen (secondary N) is 2. The first-order valence-corrected chi connectivity index (χ1v) is 8.10. The zero-order valence-corrected chi connectivity index (χ0v) is 12.2. The summed E-state index contributed by atoms with van der Waals surface area (Å²) in [6, 6.07) is 0.468. The van der Waals surface area contributed by atoms with Crippen molar-refractivity contribution in [3.63, 3.8) is 0 Å². The molecule has 1 aliphatic carbocycles. The molecule has 0 saturated heterocycles. The van der Waals surface area contributed by atoms with Crippen LogP contribution in [0.1, 0.15) is 47.0 Å². The first-order valence-electron chi connectivity index (χ1n) is 6.55. The summed E-state index contributed by atoms with van der Waals surface area (Å²) in [5.74, 6) is 0.645. The highest BCUT2D eigenvalue weighted by atomic mass is 32.2. The van der Waals surface area contributed by atoms with Crippen LogP contribution < -0.4 is 10.0 Å². The lowest BCUT2D eigenvalue weighted by molar-refractivity contribution is 0.516. The van der Waals surface area contributed by atoms with Crippen molar-refractivity contribution in [2.24, 2.45) is 5.92 Å². The molecule has 1 saturated carbocycles. The summed E-state index contributed by atoms with van der Waals surface area (Å²) < 4.78 is 27.0. The third-order valence-electron chi connectivity index (χ3n) is 3.37. The summed E-state index contributed by atoms with van der Waals surface area (Å²) in [6.07, 6.45) is 3.08. The molecule has 0 heterocycles. The largest absolute Gasteiger partial charge is 0.313 e. The second-order valence-electron chi connectivity index (χ2n) is 5.65. The summed E-state index contributed by atoms with van der Waals surface area (Å²) in [4.78, 5) is 0. The van der Waals surface area contributed by atoms with Gasteiger partial charge in [-0.2, -0.15) is 0 Å². The van der Waals surface area contributed by atoms with Crippen molar-refractivity contribution in [2.45, 2.75) is 64.3 Å². The van der Waals surface area contributed by atoms with Gasteiger partial charge in [-0.3, -0.25) is 0 Å². The van der Waals surface area contributed by atoms with Crippen LogP contribution in [0.5, 0.6) is 0 Å². The Bertz CT molecular complexity index is 327. The smallest absolute Gasteiger partial charge is 0.215 e. The molecule has 0 aromatic rings. The fourth-order valence-corrected chi connectivity index (χ4v) is 3.40. The maximum atomic E-state index is 12.1. The standard InChI is InChI=1S/C12H26N2O2S/c1-9(2)13-8-11(4)17(15,16)14-12-6-5-10(3)7-12/h9-14H,5-8H2,1-4H3. The predicted octanol–water partition coefficient (Wildman–Crippen LogP) is 1.48. The predicted molar refractivity (Wildman–Crippen MR) is 71.5 cm³/mol. The lowest BCUT2D eigenvalue weighted by Gasteiger charge is -2.19. The zero-order chi connectivity index (χ0) is 13.1. The van der Waals surface area contributed by atoms with Crippen LogP contribution in [-0.4, -0.2) is 32.3 Å². The van der Waals surface area contributed by atoms with Crippen LogP contribution in [0.3, 0.4) is 0 Å². The third-order valence-corrected chi connectivity index (χ3v) is 5.26. The van der Waals surface area contributed by atoms with E-state index in [0.29, 0.717) is 18.5 Å². The Morgan fingerprint density at radius 1 is 1.24 bits per heavy atom. The third kappa shape index (κ3) is 4.94. The molecule has 3 atom stereocenters. The Morgan fingerprint density at radius 2 is 1.88 bits per heavy atom. The molecule has 3 unspecified atom stereocenters. The molecular formula is C12H26N2O2S. The molecule has 1 fully saturated rings. The van der Waals surface area contributed by atoms with Gasteiger partial charge in [0.15, 0.2) is 0 Å². The molecule has 0 amide bonds. The molecule has 0 spiro atoms. The molecule has 4 nitrogen and oxygen atoms in total. The second kappa shape index (κ2) is 6.16. The van der Waals surface area contributed by atoms with Crippen LogP contribution in [0, 0.1) is 5.92 Å². The molecule has 0 aliphatic heterocycles. The first-order chi connectivity index (χ1) is 7.81. The molecule has 0 aromatic heterocycles. The van der Waals surface area contributed by atoms with Crippen molar-refractivity contribution in [3.8, 4) is 0 Å². The van der Waals surface area contributed by atoms with Gasteiger partial charge in [0.25, 0.3) is 0 Å². The van der Waals surface area contributed by atoms with Gasteiger partial charge in [0.1, 0.15) is 0 Å². The Morgan fingerprint density at radius 3 is 2.35 bits per heavy atom. The molecular weight excluding hydrogens is 236 g/mol. The van der Waals surface area contributed by atoms with E-state index in [0.717, 1.165) is 19.3 Å². The van der Waals surface area contributed by atoms with Gasteiger partial charge in [0.2, 0.25) is 10.0 Å². The van der Waals surface area contributed by atoms with E-state index in [9.17, 15) is 8.42 Å². The number of rotatable bonds is 6. The summed E-state index contributed by atoms with van der Waals surface area (Å²) in [6.45, 7) is 8.49. The monoisotopic (exact) mass is 262 g/mol. The topological polar surface area (TPSA) is 58.2 Å². The van der Waals surface area contributed by atoms with E-state index in [1.165, 1.54) is 0 Å². The lowest BCUT2D eigenvalue weighted by Crippen LogP contribution is -2.44. The van der Waals surface area contributed by atoms with Gasteiger partial charge < -0.3 is 5.32 Å². The van der Waals surface area contributed by atoms with Crippen LogP contribution in [0.4, 0.5) is 0 Å². The fraction of sp³-hybridized carbons (Fsp3) is 1.00. The molecule has 102 valence electrons. The van der Waals surface area contributed by atoms with E-state index >= 15 is 0 Å². The van der Waals surface area contributed by atoms with Crippen LogP contribution in [-0.2, 0) is 10.0 Å². The van der Waals surface area contributed by atoms with E-state index in [4.69, 9.17) is 0 Å². The Kier molecular flexibility index (Phi) is 5.41. The fourth-order valence-electron chi connectivity index (χ4n) is 2.17. The lowest BCUT2D eigenvalue weighted by atomic mass is 10.1. The van der Waals surface area contributed by atoms with Crippen LogP contribution in [0.2, 0.25) is 0 Å². The maximum Gasteiger partial charge on any atom is 0.215 e. The summed E-state index contributed by atoms with van der Waals surface area (Å²) in [5, 5.41) is 2.79. The average Bonchev–Trinajstić information content (AvgIpc) is 2.59. The highest BCUT2D eigenvalue weighted by Crippen LogP contribution is 2.25. The van der Waals surface area contributed by atoms with Gasteiger partial charge in [-0.1, -0.05) is 20.8 Å². The Hall–Kier alpha value is -0.130. The minimum absolute atomic E-state index is 0.150. The quantitative estimate of drug-likeness (QED) is 0.762. The van der Waals surface area contributed by atoms with Gasteiger partial charge in [-0.25, -0.2) is 13.1 Å². The van der Waals surface area contributed by atoms with E-state index in [-0.39, 0.29) is 11.3 Å². The average molecular weight is 262 g/mol. The van der Waals surface area contributed by atoms with E-state index in [2.05, 4.69) is 17.0 Å². The van der Waals surface area contributed by atoms with Crippen molar-refractivity contribution in [1.82, 2.24) is 10.0 Å². The zero-order valence-electron chi connectivity index (χ0n) is 11.4. The van der Waals surface area contributed by atoms with Crippen molar-refractivity contribution in [2.75, 3.05) is 6.54 Å². The van der Waals surface area contributed by atoms with E-state index < -0.39 is 10.0 Å². The Labute approximate surface area is 106 Å². The summed E-state index contributed by atoms with van der Waals surface area (Å²) in [5.41, 5.74) is 0. The summed E-state index contributed by atoms with van der Waals surface area (Å²) >= 11 is 0. The van der Waals surface area contributed by atoms with Crippen LogP contribution >= 0.6 is 0 Å². The van der Waals surface area contributed by atoms with Gasteiger partial charge in [0.05, 0.1) is 5.25 Å². The van der Waals surface area contributed by atoms with Gasteiger partial charge >= 0.3 is 0 Å². The van der Waals surface area contributed by atoms with Gasteiger partial charge in [-0.15, -0.1) is 0 Å². The van der Waals surface area contributed by atoms with Crippen molar-refractivity contribution in [3.05, 3.63) is 0 Å². The Balaban J connectivity index is 2.44. The molecule has 17 heavy (non-hydrogen) atoms. The normalized spacial score (nSPS) is 27.6. The van der Waals surface area contributed by atoms with Gasteiger partial charge in [-0.05, 0) is 32.1 Å². The van der Waals surface area contributed by atoms with E-state index in [1.54, 1.807) is 6.92 Å². The molecule has 0 bridgehead atoms. The molecule has 0 radical (unpaired) electrons. The van der Waals surface area contributed by atoms with Crippen LogP contribution in [0.25, 0.3) is 0 Å².